The Labute approximate surface area is 427 Å². The maximum Gasteiger partial charge on any atom is 0.309 e. The van der Waals surface area contributed by atoms with E-state index in [2.05, 4.69) is 27.9 Å². The highest BCUT2D eigenvalue weighted by atomic mass is 32.1. The number of aryl methyl sites for hydroxylation is 2. The van der Waals surface area contributed by atoms with Crippen molar-refractivity contribution in [2.24, 2.45) is 34.5 Å². The van der Waals surface area contributed by atoms with Gasteiger partial charge in [0.15, 0.2) is 0 Å². The lowest BCUT2D eigenvalue weighted by Crippen LogP contribution is -2.45. The van der Waals surface area contributed by atoms with Gasteiger partial charge in [0.1, 0.15) is 29.5 Å². The molecule has 9 atom stereocenters. The first-order valence-electron chi connectivity index (χ1n) is 24.3. The largest absolute Gasteiger partial charge is 0.457 e. The standard InChI is InChI=1S/C27H41NO4S.C26H38FNO6S.F2.H2O/c1-17-9-8-10-18(2)25(30)20(4)26(31)27(6,7)14-13-24(29)32-23(12-11-17)19(3)15-22-16-33-21(5)28-22;1-15-8-7-9-20(34-27)10-11-21(16(2)12-19-14-35-18(4)28-19)33-23(30)13-22(29)26(5,6)25(32)17(3)24(15)31;1-2;/h11,15-16,18,20,23,25,30H,8-10,12-14H2,1-7H3;10,12,14-15,17,21-22,24,29,31H,7-9,11,13H2,1-6H3;;1H2/b17-11-,19-15+;16-12+,20-10+;;/t18-,20+,23-,25-;15-,17+,21-,22?,24-;;/m00../s1. The predicted octanol–water partition coefficient (Wildman–Crippen LogP) is 11.4. The van der Waals surface area contributed by atoms with E-state index in [1.165, 1.54) is 16.9 Å². The molecule has 4 rings (SSSR count). The van der Waals surface area contributed by atoms with Crippen molar-refractivity contribution in [1.29, 1.82) is 0 Å². The number of esters is 2. The molecule has 18 heteroatoms. The van der Waals surface area contributed by atoms with Gasteiger partial charge in [-0.2, -0.15) is 0 Å². The van der Waals surface area contributed by atoms with Gasteiger partial charge in [0.25, 0.3) is 0 Å². The molecule has 0 saturated carbocycles. The minimum Gasteiger partial charge on any atom is -0.457 e. The van der Waals surface area contributed by atoms with Crippen LogP contribution in [0.1, 0.15) is 168 Å². The SMILES string of the molecule is C/C(=C\c1csc(C)n1)[C@@H]1C/C=C(/OF)CCC[C@H](C)[C@H](O)[C@@H](C)C(=O)C(C)(C)C(O)CC(=O)O1.C/C1=C/C[C@@H](/C(C)=C/c2csc(C)n2)OC(=O)CCC(C)(C)C(=O)[C@H](C)[C@@H](O)[C@@H](C)CCC1.FF.O. The zero-order chi connectivity index (χ0) is 53.1. The Morgan fingerprint density at radius 1 is 0.718 bits per heavy atom. The van der Waals surface area contributed by atoms with Crippen molar-refractivity contribution in [3.63, 3.8) is 0 Å². The van der Waals surface area contributed by atoms with Crippen molar-refractivity contribution < 1.29 is 68.1 Å². The Morgan fingerprint density at radius 2 is 1.17 bits per heavy atom. The van der Waals surface area contributed by atoms with Crippen LogP contribution in [0.5, 0.6) is 0 Å². The summed E-state index contributed by atoms with van der Waals surface area (Å²) in [6, 6.07) is 0. The van der Waals surface area contributed by atoms with Gasteiger partial charge >= 0.3 is 11.9 Å². The average molecular weight is 1040 g/mol. The molecule has 0 saturated heterocycles. The van der Waals surface area contributed by atoms with Gasteiger partial charge in [-0.05, 0) is 114 Å². The van der Waals surface area contributed by atoms with Crippen LogP contribution in [0.15, 0.2) is 45.4 Å². The third kappa shape index (κ3) is 20.8. The fourth-order valence-corrected chi connectivity index (χ4v) is 9.84. The van der Waals surface area contributed by atoms with Crippen LogP contribution in [-0.4, -0.2) is 84.8 Å². The fourth-order valence-electron chi connectivity index (χ4n) is 8.70. The van der Waals surface area contributed by atoms with Crippen LogP contribution in [-0.2, 0) is 33.6 Å². The summed E-state index contributed by atoms with van der Waals surface area (Å²) < 4.78 is 40.8. The van der Waals surface area contributed by atoms with E-state index in [0.717, 1.165) is 46.2 Å². The molecule has 2 aliphatic heterocycles. The van der Waals surface area contributed by atoms with Crippen LogP contribution in [0.25, 0.3) is 12.2 Å². The van der Waals surface area contributed by atoms with E-state index in [1.807, 2.05) is 72.2 Å². The number of ether oxygens (including phenoxy) is 2. The number of nitrogens with zero attached hydrogens (tertiary/aromatic N) is 2. The number of cyclic esters (lactones) is 2. The van der Waals surface area contributed by atoms with Gasteiger partial charge in [-0.15, -0.1) is 22.7 Å². The first kappa shape index (κ1) is 64.9. The van der Waals surface area contributed by atoms with E-state index < -0.39 is 59.5 Å². The molecule has 0 spiro atoms. The van der Waals surface area contributed by atoms with Crippen molar-refractivity contribution >= 4 is 58.3 Å². The van der Waals surface area contributed by atoms with E-state index in [-0.39, 0.29) is 59.6 Å². The summed E-state index contributed by atoms with van der Waals surface area (Å²) in [5, 5.41) is 38.1. The molecule has 4 heterocycles. The topological polar surface area (TPSA) is 214 Å². The van der Waals surface area contributed by atoms with E-state index in [0.29, 0.717) is 37.7 Å². The maximum absolute atomic E-state index is 13.2. The van der Waals surface area contributed by atoms with E-state index in [4.69, 9.17) is 18.6 Å². The van der Waals surface area contributed by atoms with Crippen LogP contribution in [0.4, 0.5) is 13.7 Å². The second-order valence-electron chi connectivity index (χ2n) is 20.4. The Bertz CT molecular complexity index is 2130. The molecule has 2 aromatic rings. The van der Waals surface area contributed by atoms with Crippen LogP contribution >= 0.6 is 22.7 Å². The maximum atomic E-state index is 13.2. The van der Waals surface area contributed by atoms with E-state index in [1.54, 1.807) is 51.2 Å². The predicted molar refractivity (Wildman–Crippen MR) is 274 cm³/mol. The fraction of sp³-hybridized carbons (Fsp3) is 0.660. The summed E-state index contributed by atoms with van der Waals surface area (Å²) >= 11 is 3.09. The second-order valence-corrected chi connectivity index (χ2v) is 22.6. The highest BCUT2D eigenvalue weighted by Gasteiger charge is 2.42. The van der Waals surface area contributed by atoms with Gasteiger partial charge < -0.3 is 30.3 Å². The van der Waals surface area contributed by atoms with Crippen molar-refractivity contribution in [3.8, 4) is 0 Å². The molecule has 13 nitrogen and oxygen atoms in total. The molecule has 0 aromatic carbocycles. The Balaban J connectivity index is 0.000000678. The third-order valence-electron chi connectivity index (χ3n) is 13.7. The summed E-state index contributed by atoms with van der Waals surface area (Å²) in [7, 11) is 0. The Hall–Kier alpha value is -4.07. The number of carbonyl (C=O) groups is 4. The summed E-state index contributed by atoms with van der Waals surface area (Å²) in [5.74, 6) is -2.58. The summed E-state index contributed by atoms with van der Waals surface area (Å²) in [5.41, 5.74) is 2.55. The number of Topliss-reactive ketones (excluding diaryl/α,β-unsaturated/α-hetero) is 2. The number of hydrogen-bond acceptors (Lipinski definition) is 14. The van der Waals surface area contributed by atoms with Crippen LogP contribution < -0.4 is 0 Å². The molecule has 2 aromatic heterocycles. The minimum atomic E-state index is -1.30. The highest BCUT2D eigenvalue weighted by molar-refractivity contribution is 7.09. The summed E-state index contributed by atoms with van der Waals surface area (Å²) in [6.07, 6.45) is 8.59. The zero-order valence-electron chi connectivity index (χ0n) is 44.0. The number of ketones is 2. The number of aromatic nitrogens is 2. The number of carbonyl (C=O) groups excluding carboxylic acids is 4. The molecule has 0 bridgehead atoms. The van der Waals surface area contributed by atoms with Crippen LogP contribution in [0.3, 0.4) is 0 Å². The quantitative estimate of drug-likeness (QED) is 0.188. The first-order chi connectivity index (χ1) is 32.8. The van der Waals surface area contributed by atoms with E-state index in [9.17, 15) is 39.0 Å². The zero-order valence-corrected chi connectivity index (χ0v) is 45.6. The van der Waals surface area contributed by atoms with Gasteiger partial charge in [0.05, 0.1) is 51.6 Å². The number of rotatable bonds is 5. The van der Waals surface area contributed by atoms with Gasteiger partial charge in [-0.3, -0.25) is 24.1 Å². The van der Waals surface area contributed by atoms with Gasteiger partial charge in [-0.1, -0.05) is 67.0 Å². The molecular formula is C53H81F3N2O11S2. The summed E-state index contributed by atoms with van der Waals surface area (Å²) in [4.78, 5) is 64.8. The molecular weight excluding hydrogens is 962 g/mol. The molecule has 2 aliphatic rings. The second kappa shape index (κ2) is 30.8. The molecule has 0 radical (unpaired) electrons. The van der Waals surface area contributed by atoms with Crippen LogP contribution in [0, 0.1) is 48.3 Å². The molecule has 402 valence electrons. The molecule has 0 amide bonds. The molecule has 1 unspecified atom stereocenters. The molecule has 5 N–H and O–H groups in total. The third-order valence-corrected chi connectivity index (χ3v) is 15.3. The number of allylic oxidation sites excluding steroid dienone is 2. The van der Waals surface area contributed by atoms with Crippen molar-refractivity contribution in [2.75, 3.05) is 0 Å². The lowest BCUT2D eigenvalue weighted by molar-refractivity contribution is -0.154. The smallest absolute Gasteiger partial charge is 0.309 e. The Morgan fingerprint density at radius 3 is 1.63 bits per heavy atom. The summed E-state index contributed by atoms with van der Waals surface area (Å²) in [6.45, 7) is 23.9. The number of hydrogen-bond donors (Lipinski definition) is 3. The molecule has 0 fully saturated rings. The van der Waals surface area contributed by atoms with Gasteiger partial charge in [0, 0.05) is 67.4 Å². The highest BCUT2D eigenvalue weighted by Crippen LogP contribution is 2.34. The van der Waals surface area contributed by atoms with Gasteiger partial charge in [0.2, 0.25) is 0 Å². The number of halogens is 3. The number of aliphatic hydroxyl groups excluding tert-OH is 3. The van der Waals surface area contributed by atoms with Gasteiger partial charge in [-0.25, -0.2) is 9.97 Å². The van der Waals surface area contributed by atoms with Crippen LogP contribution in [0.2, 0.25) is 0 Å². The number of aliphatic hydroxyl groups is 3. The Kier molecular flexibility index (Phi) is 28.2. The normalized spacial score (nSPS) is 29.7. The lowest BCUT2D eigenvalue weighted by atomic mass is 9.73. The molecule has 71 heavy (non-hydrogen) atoms. The first-order valence-corrected chi connectivity index (χ1v) is 26.0. The minimum absolute atomic E-state index is 0. The van der Waals surface area contributed by atoms with Crippen molar-refractivity contribution in [2.45, 2.75) is 191 Å². The van der Waals surface area contributed by atoms with Crippen molar-refractivity contribution in [3.05, 3.63) is 66.8 Å². The number of thiazole rings is 2. The van der Waals surface area contributed by atoms with Crippen molar-refractivity contribution in [1.82, 2.24) is 9.97 Å². The monoisotopic (exact) mass is 1040 g/mol. The average Bonchev–Trinajstić information content (AvgIpc) is 3.93. The van der Waals surface area contributed by atoms with E-state index >= 15 is 0 Å². The molecule has 0 aliphatic carbocycles. The lowest BCUT2D eigenvalue weighted by Gasteiger charge is -2.34.